The fourth-order valence-corrected chi connectivity index (χ4v) is 2.90. The summed E-state index contributed by atoms with van der Waals surface area (Å²) in [6.45, 7) is 3.00. The molecule has 2 fully saturated rings. The second kappa shape index (κ2) is 4.77. The van der Waals surface area contributed by atoms with Crippen molar-refractivity contribution in [1.29, 1.82) is 0 Å². The Morgan fingerprint density at radius 3 is 2.65 bits per heavy atom. The molecule has 0 radical (unpaired) electrons. The fourth-order valence-electron chi connectivity index (χ4n) is 2.90. The molecule has 1 saturated carbocycles. The number of ether oxygens (including phenoxy) is 1. The Bertz CT molecular complexity index is 371. The molecule has 0 amide bonds. The third-order valence-electron chi connectivity index (χ3n) is 4.06. The molecule has 0 bridgehead atoms. The van der Waals surface area contributed by atoms with Crippen LogP contribution in [-0.2, 0) is 4.74 Å². The highest BCUT2D eigenvalue weighted by atomic mass is 16.5. The quantitative estimate of drug-likeness (QED) is 0.791. The van der Waals surface area contributed by atoms with Crippen LogP contribution in [0.25, 0.3) is 0 Å². The standard InChI is InChI=1S/C13H20N2O2/c1-9-7-8-16-11(9)13-14-12(15-17-13)10-5-3-2-4-6-10/h9-11H,2-8H2,1H3/t9-,11-/m0/s1. The van der Waals surface area contributed by atoms with Crippen LogP contribution in [0.1, 0.15) is 69.2 Å². The van der Waals surface area contributed by atoms with E-state index in [4.69, 9.17) is 9.26 Å². The van der Waals surface area contributed by atoms with Crippen molar-refractivity contribution in [3.05, 3.63) is 11.7 Å². The highest BCUT2D eigenvalue weighted by Gasteiger charge is 2.32. The van der Waals surface area contributed by atoms with Gasteiger partial charge in [-0.1, -0.05) is 31.3 Å². The molecular formula is C13H20N2O2. The Morgan fingerprint density at radius 1 is 1.12 bits per heavy atom. The second-order valence-electron chi connectivity index (χ2n) is 5.38. The molecule has 1 saturated heterocycles. The van der Waals surface area contributed by atoms with Gasteiger partial charge in [-0.3, -0.25) is 0 Å². The Labute approximate surface area is 102 Å². The molecule has 2 aliphatic rings. The smallest absolute Gasteiger partial charge is 0.256 e. The largest absolute Gasteiger partial charge is 0.368 e. The summed E-state index contributed by atoms with van der Waals surface area (Å²) in [4.78, 5) is 4.56. The van der Waals surface area contributed by atoms with Crippen LogP contribution in [0.15, 0.2) is 4.52 Å². The number of nitrogens with zero attached hydrogens (tertiary/aromatic N) is 2. The van der Waals surface area contributed by atoms with Gasteiger partial charge in [0, 0.05) is 12.5 Å². The lowest BCUT2D eigenvalue weighted by molar-refractivity contribution is 0.0661. The zero-order chi connectivity index (χ0) is 11.7. The van der Waals surface area contributed by atoms with Crippen LogP contribution in [0.3, 0.4) is 0 Å². The number of rotatable bonds is 2. The zero-order valence-corrected chi connectivity index (χ0v) is 10.4. The third kappa shape index (κ3) is 2.23. The molecule has 4 heteroatoms. The topological polar surface area (TPSA) is 48.2 Å². The SMILES string of the molecule is C[C@H]1CCO[C@@H]1c1nc(C2CCCCC2)no1. The van der Waals surface area contributed by atoms with Crippen LogP contribution >= 0.6 is 0 Å². The lowest BCUT2D eigenvalue weighted by Crippen LogP contribution is -2.08. The van der Waals surface area contributed by atoms with Crippen LogP contribution < -0.4 is 0 Å². The summed E-state index contributed by atoms with van der Waals surface area (Å²) in [6.07, 6.45) is 7.48. The molecule has 94 valence electrons. The number of aromatic nitrogens is 2. The van der Waals surface area contributed by atoms with Gasteiger partial charge in [-0.05, 0) is 25.2 Å². The predicted molar refractivity (Wildman–Crippen MR) is 62.6 cm³/mol. The highest BCUT2D eigenvalue weighted by Crippen LogP contribution is 2.35. The maximum absolute atomic E-state index is 5.66. The van der Waals surface area contributed by atoms with E-state index in [9.17, 15) is 0 Å². The molecular weight excluding hydrogens is 216 g/mol. The minimum absolute atomic E-state index is 0.0276. The molecule has 2 atom stereocenters. The number of hydrogen-bond acceptors (Lipinski definition) is 4. The van der Waals surface area contributed by atoms with Gasteiger partial charge in [0.05, 0.1) is 0 Å². The van der Waals surface area contributed by atoms with Crippen LogP contribution in [0.4, 0.5) is 0 Å². The van der Waals surface area contributed by atoms with E-state index in [0.717, 1.165) is 18.9 Å². The summed E-state index contributed by atoms with van der Waals surface area (Å²) in [5.41, 5.74) is 0. The van der Waals surface area contributed by atoms with Gasteiger partial charge in [0.2, 0.25) is 0 Å². The molecule has 3 rings (SSSR count). The molecule has 0 spiro atoms. The van der Waals surface area contributed by atoms with Crippen molar-refractivity contribution in [3.8, 4) is 0 Å². The summed E-state index contributed by atoms with van der Waals surface area (Å²) >= 11 is 0. The van der Waals surface area contributed by atoms with Crippen LogP contribution in [0.5, 0.6) is 0 Å². The molecule has 2 heterocycles. The first-order chi connectivity index (χ1) is 8.34. The Balaban J connectivity index is 1.73. The molecule has 0 aromatic carbocycles. The average molecular weight is 236 g/mol. The third-order valence-corrected chi connectivity index (χ3v) is 4.06. The molecule has 1 aromatic rings. The summed E-state index contributed by atoms with van der Waals surface area (Å²) in [5.74, 6) is 2.60. The van der Waals surface area contributed by atoms with E-state index < -0.39 is 0 Å². The summed E-state index contributed by atoms with van der Waals surface area (Å²) in [6, 6.07) is 0. The lowest BCUT2D eigenvalue weighted by Gasteiger charge is -2.17. The van der Waals surface area contributed by atoms with Gasteiger partial charge >= 0.3 is 0 Å². The Hall–Kier alpha value is -0.900. The van der Waals surface area contributed by atoms with Crippen LogP contribution in [0, 0.1) is 5.92 Å². The monoisotopic (exact) mass is 236 g/mol. The minimum Gasteiger partial charge on any atom is -0.368 e. The Kier molecular flexibility index (Phi) is 3.14. The molecule has 1 aliphatic carbocycles. The number of hydrogen-bond donors (Lipinski definition) is 0. The average Bonchev–Trinajstić information content (AvgIpc) is 2.98. The van der Waals surface area contributed by atoms with Gasteiger partial charge in [0.15, 0.2) is 5.82 Å². The van der Waals surface area contributed by atoms with E-state index in [0.29, 0.717) is 17.7 Å². The first kappa shape index (κ1) is 11.2. The van der Waals surface area contributed by atoms with Gasteiger partial charge in [0.25, 0.3) is 5.89 Å². The first-order valence-corrected chi connectivity index (χ1v) is 6.79. The minimum atomic E-state index is 0.0276. The van der Waals surface area contributed by atoms with Crippen molar-refractivity contribution in [2.75, 3.05) is 6.61 Å². The lowest BCUT2D eigenvalue weighted by atomic mass is 9.89. The Morgan fingerprint density at radius 2 is 1.94 bits per heavy atom. The summed E-state index contributed by atoms with van der Waals surface area (Å²) in [5, 5.41) is 4.15. The van der Waals surface area contributed by atoms with Crippen LogP contribution in [0.2, 0.25) is 0 Å². The zero-order valence-electron chi connectivity index (χ0n) is 10.4. The molecule has 4 nitrogen and oxygen atoms in total. The van der Waals surface area contributed by atoms with Crippen molar-refractivity contribution in [1.82, 2.24) is 10.1 Å². The van der Waals surface area contributed by atoms with Gasteiger partial charge in [-0.2, -0.15) is 4.98 Å². The van der Waals surface area contributed by atoms with Crippen molar-refractivity contribution in [3.63, 3.8) is 0 Å². The van der Waals surface area contributed by atoms with Crippen molar-refractivity contribution in [2.24, 2.45) is 5.92 Å². The summed E-state index contributed by atoms with van der Waals surface area (Å²) in [7, 11) is 0. The van der Waals surface area contributed by atoms with Gasteiger partial charge < -0.3 is 9.26 Å². The second-order valence-corrected chi connectivity index (χ2v) is 5.38. The highest BCUT2D eigenvalue weighted by molar-refractivity contribution is 5.00. The van der Waals surface area contributed by atoms with E-state index in [-0.39, 0.29) is 6.10 Å². The van der Waals surface area contributed by atoms with Crippen LogP contribution in [-0.4, -0.2) is 16.7 Å². The van der Waals surface area contributed by atoms with E-state index in [2.05, 4.69) is 17.1 Å². The maximum atomic E-state index is 5.66. The predicted octanol–water partition coefficient (Wildman–Crippen LogP) is 3.21. The summed E-state index contributed by atoms with van der Waals surface area (Å²) < 4.78 is 11.0. The molecule has 1 aliphatic heterocycles. The van der Waals surface area contributed by atoms with Crippen molar-refractivity contribution >= 4 is 0 Å². The normalized spacial score (nSPS) is 30.9. The fraction of sp³-hybridized carbons (Fsp3) is 0.846. The van der Waals surface area contributed by atoms with Gasteiger partial charge in [-0.25, -0.2) is 0 Å². The van der Waals surface area contributed by atoms with Gasteiger partial charge in [-0.15, -0.1) is 0 Å². The van der Waals surface area contributed by atoms with Gasteiger partial charge in [0.1, 0.15) is 6.10 Å². The van der Waals surface area contributed by atoms with E-state index in [1.807, 2.05) is 0 Å². The molecule has 1 aromatic heterocycles. The maximum Gasteiger partial charge on any atom is 0.256 e. The van der Waals surface area contributed by atoms with Crippen molar-refractivity contribution < 1.29 is 9.26 Å². The molecule has 0 unspecified atom stereocenters. The first-order valence-electron chi connectivity index (χ1n) is 6.79. The molecule has 17 heavy (non-hydrogen) atoms. The molecule has 0 N–H and O–H groups in total. The van der Waals surface area contributed by atoms with E-state index in [1.165, 1.54) is 32.1 Å². The van der Waals surface area contributed by atoms with E-state index >= 15 is 0 Å². The van der Waals surface area contributed by atoms with Crippen molar-refractivity contribution in [2.45, 2.75) is 57.5 Å². The van der Waals surface area contributed by atoms with E-state index in [1.54, 1.807) is 0 Å².